The van der Waals surface area contributed by atoms with Gasteiger partial charge < -0.3 is 42.4 Å². The second-order valence-corrected chi connectivity index (χ2v) is 8.69. The number of carbonyl (C=O) groups is 5. The number of rotatable bonds is 8. The minimum absolute atomic E-state index is 0.0896. The molecule has 0 saturated heterocycles. The molecule has 10 N–H and O–H groups in total. The normalized spacial score (nSPS) is 9.70. The first kappa shape index (κ1) is 33.8. The molecule has 0 aliphatic rings. The lowest BCUT2D eigenvalue weighted by atomic mass is 10.1. The number of halogens is 3. The summed E-state index contributed by atoms with van der Waals surface area (Å²) in [7, 11) is 0. The third-order valence-electron chi connectivity index (χ3n) is 3.01. The van der Waals surface area contributed by atoms with Crippen molar-refractivity contribution in [2.24, 2.45) is 11.5 Å². The van der Waals surface area contributed by atoms with Gasteiger partial charge >= 0.3 is 11.9 Å². The van der Waals surface area contributed by atoms with Gasteiger partial charge in [-0.1, -0.05) is 6.92 Å². The molecule has 0 saturated carbocycles. The summed E-state index contributed by atoms with van der Waals surface area (Å²) in [5.41, 5.74) is 8.54. The second kappa shape index (κ2) is 17.1. The highest BCUT2D eigenvalue weighted by atomic mass is 127. The number of amides is 3. The third-order valence-corrected chi connectivity index (χ3v) is 6.25. The molecule has 1 aromatic carbocycles. The number of carboxylic acids is 2. The molecular weight excluding hydrogens is 789 g/mol. The number of primary amides is 2. The van der Waals surface area contributed by atoms with Gasteiger partial charge in [0.05, 0.1) is 24.0 Å². The molecular formula is C16H21I3N4O10. The van der Waals surface area contributed by atoms with Crippen LogP contribution in [0.4, 0.5) is 5.69 Å². The van der Waals surface area contributed by atoms with E-state index in [1.54, 1.807) is 74.7 Å². The average Bonchev–Trinajstić information content (AvgIpc) is 2.71. The van der Waals surface area contributed by atoms with Crippen LogP contribution in [0.1, 0.15) is 27.6 Å². The Balaban J connectivity index is 0. The average molecular weight is 810 g/mol. The smallest absolute Gasteiger partial charge is 0.337 e. The Kier molecular flexibility index (Phi) is 17.5. The molecule has 1 aromatic rings. The summed E-state index contributed by atoms with van der Waals surface area (Å²) in [5.74, 6) is -4.54. The first-order valence-electron chi connectivity index (χ1n) is 8.34. The van der Waals surface area contributed by atoms with Gasteiger partial charge in [-0.05, 0) is 67.8 Å². The number of benzene rings is 1. The van der Waals surface area contributed by atoms with Crippen molar-refractivity contribution in [3.8, 4) is 0 Å². The number of aliphatic hydroxyl groups excluding tert-OH is 2. The second-order valence-electron chi connectivity index (χ2n) is 5.46. The summed E-state index contributed by atoms with van der Waals surface area (Å²) in [5, 5.41) is 46.6. The first-order chi connectivity index (χ1) is 15.2. The van der Waals surface area contributed by atoms with Gasteiger partial charge in [-0.3, -0.25) is 14.4 Å². The zero-order valence-electron chi connectivity index (χ0n) is 16.8. The van der Waals surface area contributed by atoms with Gasteiger partial charge in [0, 0.05) is 10.1 Å². The van der Waals surface area contributed by atoms with Crippen LogP contribution in [0.15, 0.2) is 0 Å². The SMILES string of the molecule is CCN(O)CC(=O)Nc1c(I)c(C(=O)O)c(I)c(C(=O)O)c1I.NC(=O)CO.NC(=O)CO. The lowest BCUT2D eigenvalue weighted by Crippen LogP contribution is -2.31. The van der Waals surface area contributed by atoms with E-state index >= 15 is 0 Å². The lowest BCUT2D eigenvalue weighted by molar-refractivity contribution is -0.132. The quantitative estimate of drug-likeness (QED) is 0.123. The number of anilines is 1. The molecule has 0 aliphatic heterocycles. The summed E-state index contributed by atoms with van der Waals surface area (Å²) in [6, 6.07) is 0. The van der Waals surface area contributed by atoms with E-state index in [2.05, 4.69) is 16.8 Å². The number of aliphatic hydroxyl groups is 2. The fraction of sp³-hybridized carbons (Fsp3) is 0.312. The molecule has 33 heavy (non-hydrogen) atoms. The molecule has 0 bridgehead atoms. The summed E-state index contributed by atoms with van der Waals surface area (Å²) >= 11 is 5.17. The maximum Gasteiger partial charge on any atom is 0.337 e. The minimum atomic E-state index is -1.29. The van der Waals surface area contributed by atoms with E-state index in [-0.39, 0.29) is 40.6 Å². The Morgan fingerprint density at radius 1 is 0.848 bits per heavy atom. The van der Waals surface area contributed by atoms with Crippen molar-refractivity contribution in [2.75, 3.05) is 31.6 Å². The molecule has 0 heterocycles. The van der Waals surface area contributed by atoms with Crippen LogP contribution in [0.5, 0.6) is 0 Å². The van der Waals surface area contributed by atoms with Gasteiger partial charge in [-0.2, -0.15) is 5.06 Å². The summed E-state index contributed by atoms with van der Waals surface area (Å²) in [6.07, 6.45) is 0. The van der Waals surface area contributed by atoms with Gasteiger partial charge in [0.25, 0.3) is 0 Å². The van der Waals surface area contributed by atoms with Crippen LogP contribution in [0.2, 0.25) is 0 Å². The number of nitrogens with one attached hydrogen (secondary N) is 1. The Hall–Kier alpha value is -1.40. The van der Waals surface area contributed by atoms with E-state index in [0.29, 0.717) is 0 Å². The zero-order valence-corrected chi connectivity index (χ0v) is 23.3. The largest absolute Gasteiger partial charge is 0.478 e. The highest BCUT2D eigenvalue weighted by Gasteiger charge is 2.28. The Morgan fingerprint density at radius 2 is 1.18 bits per heavy atom. The number of carboxylic acid groups (broad SMARTS) is 2. The molecule has 17 heteroatoms. The molecule has 14 nitrogen and oxygen atoms in total. The van der Waals surface area contributed by atoms with Crippen LogP contribution in [-0.2, 0) is 14.4 Å². The third kappa shape index (κ3) is 12.6. The van der Waals surface area contributed by atoms with Crippen LogP contribution in [0.3, 0.4) is 0 Å². The van der Waals surface area contributed by atoms with Gasteiger partial charge in [-0.25, -0.2) is 9.59 Å². The standard InChI is InChI=1S/C12H11I3N2O6.2C2H5NO2/c1-2-17(23)3-4(18)16-10-8(14)5(11(19)20)7(13)6(9(10)15)12(21)22;2*3-2(5)1-4/h23H,2-3H2,1H3,(H,16,18)(H,19,20)(H,21,22);2*4H,1H2,(H2,3,5). The molecule has 0 aromatic heterocycles. The number of likely N-dealkylation sites (N-methyl/N-ethyl adjacent to an activating group) is 1. The number of hydrogen-bond acceptors (Lipinski definition) is 9. The van der Waals surface area contributed by atoms with E-state index in [4.69, 9.17) is 10.2 Å². The van der Waals surface area contributed by atoms with Crippen LogP contribution in [0, 0.1) is 10.7 Å². The Bertz CT molecular complexity index is 843. The molecule has 0 aliphatic carbocycles. The maximum atomic E-state index is 11.9. The maximum absolute atomic E-state index is 11.9. The van der Waals surface area contributed by atoms with Crippen LogP contribution in [-0.4, -0.2) is 86.7 Å². The van der Waals surface area contributed by atoms with E-state index in [1.165, 1.54) is 0 Å². The summed E-state index contributed by atoms with van der Waals surface area (Å²) < 4.78 is 0.540. The van der Waals surface area contributed by atoms with Crippen LogP contribution < -0.4 is 16.8 Å². The molecule has 0 radical (unpaired) electrons. The Labute approximate surface area is 228 Å². The van der Waals surface area contributed by atoms with Crippen molar-refractivity contribution in [2.45, 2.75) is 6.92 Å². The van der Waals surface area contributed by atoms with Crippen molar-refractivity contribution in [3.05, 3.63) is 21.8 Å². The van der Waals surface area contributed by atoms with Gasteiger partial charge in [0.2, 0.25) is 17.7 Å². The first-order valence-corrected chi connectivity index (χ1v) is 11.6. The van der Waals surface area contributed by atoms with Crippen LogP contribution >= 0.6 is 67.8 Å². The van der Waals surface area contributed by atoms with Crippen LogP contribution in [0.25, 0.3) is 0 Å². The highest BCUT2D eigenvalue weighted by molar-refractivity contribution is 14.1. The zero-order chi connectivity index (χ0) is 26.5. The van der Waals surface area contributed by atoms with Gasteiger partial charge in [0.15, 0.2) is 0 Å². The lowest BCUT2D eigenvalue weighted by Gasteiger charge is -2.17. The molecule has 3 amide bonds. The van der Waals surface area contributed by atoms with Crippen molar-refractivity contribution < 1.29 is 49.6 Å². The molecule has 0 unspecified atom stereocenters. The van der Waals surface area contributed by atoms with Crippen molar-refractivity contribution in [1.29, 1.82) is 0 Å². The fourth-order valence-corrected chi connectivity index (χ4v) is 5.96. The van der Waals surface area contributed by atoms with E-state index in [9.17, 15) is 39.4 Å². The summed E-state index contributed by atoms with van der Waals surface area (Å²) in [4.78, 5) is 53.4. The fourth-order valence-electron chi connectivity index (χ4n) is 1.61. The molecule has 1 rings (SSSR count). The molecule has 0 spiro atoms. The molecule has 0 fully saturated rings. The van der Waals surface area contributed by atoms with Gasteiger partial charge in [0.1, 0.15) is 19.8 Å². The molecule has 0 atom stereocenters. The highest BCUT2D eigenvalue weighted by Crippen LogP contribution is 2.35. The van der Waals surface area contributed by atoms with Crippen molar-refractivity contribution in [3.63, 3.8) is 0 Å². The molecule has 186 valence electrons. The monoisotopic (exact) mass is 810 g/mol. The van der Waals surface area contributed by atoms with Gasteiger partial charge in [-0.15, -0.1) is 0 Å². The number of hydroxylamine groups is 2. The number of nitrogens with zero attached hydrogens (tertiary/aromatic N) is 1. The van der Waals surface area contributed by atoms with E-state index in [1.807, 2.05) is 0 Å². The number of hydrogen-bond donors (Lipinski definition) is 8. The van der Waals surface area contributed by atoms with E-state index < -0.39 is 42.9 Å². The number of aromatic carboxylic acids is 2. The van der Waals surface area contributed by atoms with E-state index in [0.717, 1.165) is 5.06 Å². The number of carbonyl (C=O) groups excluding carboxylic acids is 3. The van der Waals surface area contributed by atoms with Crippen molar-refractivity contribution in [1.82, 2.24) is 5.06 Å². The predicted molar refractivity (Wildman–Crippen MR) is 139 cm³/mol. The Morgan fingerprint density at radius 3 is 1.42 bits per heavy atom. The van der Waals surface area contributed by atoms with Crippen molar-refractivity contribution >= 4 is 103 Å². The summed E-state index contributed by atoms with van der Waals surface area (Å²) in [6.45, 7) is 0.450. The predicted octanol–water partition coefficient (Wildman–Crippen LogP) is -0.526. The minimum Gasteiger partial charge on any atom is -0.478 e. The number of nitrogens with two attached hydrogens (primary N) is 2. The topological polar surface area (TPSA) is 254 Å².